The van der Waals surface area contributed by atoms with Crippen molar-refractivity contribution in [2.24, 2.45) is 0 Å². The second-order valence-corrected chi connectivity index (χ2v) is 9.84. The third-order valence-electron chi connectivity index (χ3n) is 6.81. The summed E-state index contributed by atoms with van der Waals surface area (Å²) in [5.74, 6) is 0.690. The Labute approximate surface area is 229 Å². The summed E-state index contributed by atoms with van der Waals surface area (Å²) in [6.45, 7) is 2.03. The molecule has 1 atom stereocenters. The lowest BCUT2D eigenvalue weighted by Crippen LogP contribution is -2.29. The Kier molecular flexibility index (Phi) is 6.29. The number of aromatic amines is 1. The van der Waals surface area contributed by atoms with Crippen LogP contribution in [0, 0.1) is 12.7 Å². The summed E-state index contributed by atoms with van der Waals surface area (Å²) in [5.41, 5.74) is 4.07. The number of carbonyl (C=O) groups is 1. The van der Waals surface area contributed by atoms with Gasteiger partial charge in [-0.15, -0.1) is 0 Å². The maximum Gasteiger partial charge on any atom is 0.273 e. The number of H-pyrrole nitrogens is 1. The van der Waals surface area contributed by atoms with Crippen LogP contribution in [0.25, 0.3) is 11.3 Å². The number of benzene rings is 4. The molecule has 0 radical (unpaired) electrons. The van der Waals surface area contributed by atoms with Crippen molar-refractivity contribution in [1.29, 1.82) is 0 Å². The van der Waals surface area contributed by atoms with E-state index in [1.54, 1.807) is 36.1 Å². The van der Waals surface area contributed by atoms with Gasteiger partial charge < -0.3 is 14.7 Å². The highest BCUT2D eigenvalue weighted by Crippen LogP contribution is 2.46. The van der Waals surface area contributed by atoms with Crippen LogP contribution in [-0.4, -0.2) is 26.1 Å². The van der Waals surface area contributed by atoms with Gasteiger partial charge in [0.05, 0.1) is 6.04 Å². The highest BCUT2D eigenvalue weighted by atomic mass is 35.5. The number of ether oxygens (including phenoxy) is 1. The lowest BCUT2D eigenvalue weighted by atomic mass is 9.95. The minimum Gasteiger partial charge on any atom is -0.507 e. The van der Waals surface area contributed by atoms with Gasteiger partial charge >= 0.3 is 0 Å². The minimum atomic E-state index is -0.565. The Morgan fingerprint density at radius 3 is 2.51 bits per heavy atom. The number of aromatic hydroxyl groups is 1. The molecule has 8 heteroatoms. The summed E-state index contributed by atoms with van der Waals surface area (Å²) in [6, 6.07) is 25.7. The first kappa shape index (κ1) is 24.7. The number of nitrogens with one attached hydrogen (secondary N) is 1. The quantitative estimate of drug-likeness (QED) is 0.235. The summed E-state index contributed by atoms with van der Waals surface area (Å²) < 4.78 is 19.7. The molecule has 0 saturated carbocycles. The molecule has 0 fully saturated rings. The van der Waals surface area contributed by atoms with Crippen molar-refractivity contribution in [3.8, 4) is 28.5 Å². The first-order valence-electron chi connectivity index (χ1n) is 12.3. The van der Waals surface area contributed by atoms with E-state index in [4.69, 9.17) is 16.3 Å². The van der Waals surface area contributed by atoms with Gasteiger partial charge in [-0.25, -0.2) is 4.39 Å². The number of aromatic nitrogens is 2. The molecule has 6 nitrogen and oxygen atoms in total. The third kappa shape index (κ3) is 4.62. The summed E-state index contributed by atoms with van der Waals surface area (Å²) in [7, 11) is 0. The molecule has 0 spiro atoms. The number of aryl methyl sites for hydroxylation is 1. The molecule has 6 rings (SSSR count). The zero-order valence-electron chi connectivity index (χ0n) is 20.9. The van der Waals surface area contributed by atoms with Gasteiger partial charge in [-0.1, -0.05) is 54.1 Å². The van der Waals surface area contributed by atoms with Crippen molar-refractivity contribution >= 4 is 17.5 Å². The van der Waals surface area contributed by atoms with Crippen LogP contribution in [-0.2, 0) is 6.54 Å². The number of amides is 1. The molecule has 0 bridgehead atoms. The van der Waals surface area contributed by atoms with E-state index >= 15 is 0 Å². The number of para-hydroxylation sites is 1. The van der Waals surface area contributed by atoms with Gasteiger partial charge in [-0.2, -0.15) is 5.10 Å². The van der Waals surface area contributed by atoms with Crippen LogP contribution in [0.2, 0.25) is 5.02 Å². The Morgan fingerprint density at radius 2 is 1.74 bits per heavy atom. The van der Waals surface area contributed by atoms with E-state index in [0.29, 0.717) is 39.0 Å². The number of halogens is 2. The van der Waals surface area contributed by atoms with Crippen LogP contribution in [0.1, 0.15) is 38.8 Å². The van der Waals surface area contributed by atoms with Crippen LogP contribution in [0.3, 0.4) is 0 Å². The average Bonchev–Trinajstić information content (AvgIpc) is 3.47. The molecule has 5 aromatic rings. The molecule has 0 saturated heterocycles. The van der Waals surface area contributed by atoms with E-state index in [0.717, 1.165) is 16.7 Å². The van der Waals surface area contributed by atoms with Crippen molar-refractivity contribution in [3.63, 3.8) is 0 Å². The van der Waals surface area contributed by atoms with E-state index in [2.05, 4.69) is 10.2 Å². The van der Waals surface area contributed by atoms with E-state index in [-0.39, 0.29) is 24.0 Å². The number of hydrogen-bond donors (Lipinski definition) is 2. The topological polar surface area (TPSA) is 78.5 Å². The summed E-state index contributed by atoms with van der Waals surface area (Å²) in [4.78, 5) is 15.4. The Balaban J connectivity index is 1.48. The predicted molar refractivity (Wildman–Crippen MR) is 147 cm³/mol. The first-order chi connectivity index (χ1) is 18.9. The zero-order valence-corrected chi connectivity index (χ0v) is 21.6. The monoisotopic (exact) mass is 539 g/mol. The highest BCUT2D eigenvalue weighted by Gasteiger charge is 2.42. The summed E-state index contributed by atoms with van der Waals surface area (Å²) in [5, 5.41) is 18.6. The van der Waals surface area contributed by atoms with E-state index in [1.807, 2.05) is 54.6 Å². The fourth-order valence-corrected chi connectivity index (χ4v) is 5.09. The zero-order chi connectivity index (χ0) is 27.1. The predicted octanol–water partition coefficient (Wildman–Crippen LogP) is 7.42. The van der Waals surface area contributed by atoms with Crippen molar-refractivity contribution in [1.82, 2.24) is 15.1 Å². The standard InChI is InChI=1S/C31H23ClFN3O3/c1-18-14-26(37)24(16-25(18)32)28-27-29(35-34-28)31(38)36(17-19-10-12-21(33)13-11-19)30(27)20-6-5-9-23(15-20)39-22-7-3-2-4-8-22/h2-16,30,37H,17H2,1H3,(H,34,35). The molecule has 2 heterocycles. The van der Waals surface area contributed by atoms with Crippen molar-refractivity contribution in [2.75, 3.05) is 0 Å². The highest BCUT2D eigenvalue weighted by molar-refractivity contribution is 6.31. The van der Waals surface area contributed by atoms with Gasteiger partial charge in [0.2, 0.25) is 0 Å². The van der Waals surface area contributed by atoms with Gasteiger partial charge in [-0.05, 0) is 72.1 Å². The Hall–Kier alpha value is -4.62. The summed E-state index contributed by atoms with van der Waals surface area (Å²) in [6.07, 6.45) is 0. The van der Waals surface area contributed by atoms with Crippen LogP contribution < -0.4 is 4.74 Å². The number of hydrogen-bond acceptors (Lipinski definition) is 4. The van der Waals surface area contributed by atoms with Crippen molar-refractivity contribution in [2.45, 2.75) is 19.5 Å². The molecule has 2 N–H and O–H groups in total. The normalized spacial score (nSPS) is 14.5. The molecular formula is C31H23ClFN3O3. The fourth-order valence-electron chi connectivity index (χ4n) is 4.93. The van der Waals surface area contributed by atoms with Crippen molar-refractivity contribution < 1.29 is 19.0 Å². The maximum atomic E-state index is 13.7. The van der Waals surface area contributed by atoms with Gasteiger partial charge in [0.15, 0.2) is 0 Å². The average molecular weight is 540 g/mol. The molecule has 194 valence electrons. The van der Waals surface area contributed by atoms with Gasteiger partial charge in [0.25, 0.3) is 5.91 Å². The lowest BCUT2D eigenvalue weighted by molar-refractivity contribution is 0.0730. The third-order valence-corrected chi connectivity index (χ3v) is 7.22. The number of phenols is 1. The van der Waals surface area contributed by atoms with Gasteiger partial charge in [0.1, 0.15) is 34.5 Å². The molecule has 1 unspecified atom stereocenters. The molecule has 39 heavy (non-hydrogen) atoms. The number of phenolic OH excluding ortho intramolecular Hbond substituents is 1. The largest absolute Gasteiger partial charge is 0.507 e. The van der Waals surface area contributed by atoms with Crippen LogP contribution in [0.15, 0.2) is 91.0 Å². The summed E-state index contributed by atoms with van der Waals surface area (Å²) >= 11 is 6.41. The number of fused-ring (bicyclic) bond motifs is 1. The van der Waals surface area contributed by atoms with Crippen LogP contribution in [0.5, 0.6) is 17.2 Å². The second-order valence-electron chi connectivity index (χ2n) is 9.43. The van der Waals surface area contributed by atoms with Crippen LogP contribution >= 0.6 is 11.6 Å². The van der Waals surface area contributed by atoms with Gasteiger partial charge in [-0.3, -0.25) is 9.89 Å². The number of nitrogens with zero attached hydrogens (tertiary/aromatic N) is 2. The molecular weight excluding hydrogens is 517 g/mol. The number of carbonyl (C=O) groups excluding carboxylic acids is 1. The number of rotatable bonds is 6. The lowest BCUT2D eigenvalue weighted by Gasteiger charge is -2.27. The SMILES string of the molecule is Cc1cc(O)c(-c2n[nH]c3c2C(c2cccc(Oc4ccccc4)c2)N(Cc2ccc(F)cc2)C3=O)cc1Cl. The molecule has 1 amide bonds. The maximum absolute atomic E-state index is 13.7. The second kappa shape index (κ2) is 9.93. The smallest absolute Gasteiger partial charge is 0.273 e. The molecule has 0 aliphatic carbocycles. The minimum absolute atomic E-state index is 0.00976. The van der Waals surface area contributed by atoms with Crippen molar-refractivity contribution in [3.05, 3.63) is 130 Å². The molecule has 1 aromatic heterocycles. The van der Waals surface area contributed by atoms with E-state index in [1.165, 1.54) is 12.1 Å². The van der Waals surface area contributed by atoms with E-state index < -0.39 is 6.04 Å². The molecule has 4 aromatic carbocycles. The van der Waals surface area contributed by atoms with Crippen LogP contribution in [0.4, 0.5) is 4.39 Å². The Morgan fingerprint density at radius 1 is 1.00 bits per heavy atom. The van der Waals surface area contributed by atoms with Gasteiger partial charge in [0, 0.05) is 22.7 Å². The molecule has 1 aliphatic rings. The Bertz CT molecular complexity index is 1690. The first-order valence-corrected chi connectivity index (χ1v) is 12.7. The van der Waals surface area contributed by atoms with E-state index in [9.17, 15) is 14.3 Å². The molecule has 1 aliphatic heterocycles. The fraction of sp³-hybridized carbons (Fsp3) is 0.0968.